The molecule has 22 heavy (non-hydrogen) atoms. The molecule has 0 atom stereocenters. The van der Waals surface area contributed by atoms with E-state index in [1.54, 1.807) is 0 Å². The minimum Gasteiger partial charge on any atom is -0.354 e. The SMILES string of the molecule is CC.CN1CCC(CN2CCN(c3ccccn3)CC2)CC1. The van der Waals surface area contributed by atoms with E-state index in [0.717, 1.165) is 24.8 Å². The summed E-state index contributed by atoms with van der Waals surface area (Å²) >= 11 is 0. The van der Waals surface area contributed by atoms with E-state index in [1.165, 1.54) is 45.6 Å². The zero-order valence-corrected chi connectivity index (χ0v) is 14.5. The summed E-state index contributed by atoms with van der Waals surface area (Å²) in [6.07, 6.45) is 4.63. The average molecular weight is 304 g/mol. The van der Waals surface area contributed by atoms with Crippen molar-refractivity contribution in [2.24, 2.45) is 5.92 Å². The van der Waals surface area contributed by atoms with Crippen LogP contribution in [0.4, 0.5) is 5.82 Å². The van der Waals surface area contributed by atoms with Crippen LogP contribution in [-0.2, 0) is 0 Å². The van der Waals surface area contributed by atoms with Crippen LogP contribution in [0.25, 0.3) is 0 Å². The van der Waals surface area contributed by atoms with E-state index in [2.05, 4.69) is 38.9 Å². The van der Waals surface area contributed by atoms with Crippen molar-refractivity contribution in [3.63, 3.8) is 0 Å². The average Bonchev–Trinajstić information content (AvgIpc) is 2.60. The first-order valence-corrected chi connectivity index (χ1v) is 8.88. The first kappa shape index (κ1) is 17.2. The molecule has 2 saturated heterocycles. The summed E-state index contributed by atoms with van der Waals surface area (Å²) in [5.74, 6) is 2.04. The molecule has 124 valence electrons. The van der Waals surface area contributed by atoms with Gasteiger partial charge < -0.3 is 9.80 Å². The summed E-state index contributed by atoms with van der Waals surface area (Å²) in [5.41, 5.74) is 0. The quantitative estimate of drug-likeness (QED) is 0.856. The highest BCUT2D eigenvalue weighted by Gasteiger charge is 2.23. The second-order valence-corrected chi connectivity index (χ2v) is 6.22. The number of piperazine rings is 1. The van der Waals surface area contributed by atoms with Crippen LogP contribution in [0.5, 0.6) is 0 Å². The molecule has 0 aliphatic carbocycles. The van der Waals surface area contributed by atoms with Gasteiger partial charge in [0, 0.05) is 38.9 Å². The number of hydrogen-bond donors (Lipinski definition) is 0. The Labute approximate surface area is 136 Å². The van der Waals surface area contributed by atoms with Gasteiger partial charge in [0.15, 0.2) is 0 Å². The summed E-state index contributed by atoms with van der Waals surface area (Å²) in [5, 5.41) is 0. The highest BCUT2D eigenvalue weighted by molar-refractivity contribution is 5.38. The lowest BCUT2D eigenvalue weighted by Crippen LogP contribution is -2.48. The van der Waals surface area contributed by atoms with Crippen molar-refractivity contribution in [2.75, 3.05) is 57.8 Å². The van der Waals surface area contributed by atoms with E-state index >= 15 is 0 Å². The Kier molecular flexibility index (Phi) is 7.13. The van der Waals surface area contributed by atoms with Crippen LogP contribution in [0.3, 0.4) is 0 Å². The molecule has 0 aromatic carbocycles. The zero-order valence-electron chi connectivity index (χ0n) is 14.5. The van der Waals surface area contributed by atoms with Crippen LogP contribution in [0, 0.1) is 5.92 Å². The number of aromatic nitrogens is 1. The van der Waals surface area contributed by atoms with Crippen molar-refractivity contribution < 1.29 is 0 Å². The number of rotatable bonds is 3. The number of hydrogen-bond acceptors (Lipinski definition) is 4. The first-order chi connectivity index (χ1) is 10.8. The molecule has 4 heteroatoms. The second-order valence-electron chi connectivity index (χ2n) is 6.22. The van der Waals surface area contributed by atoms with Crippen LogP contribution >= 0.6 is 0 Å². The van der Waals surface area contributed by atoms with E-state index in [1.807, 2.05) is 26.1 Å². The summed E-state index contributed by atoms with van der Waals surface area (Å²) in [4.78, 5) is 12.0. The Balaban J connectivity index is 0.000000847. The fourth-order valence-electron chi connectivity index (χ4n) is 3.31. The molecule has 2 fully saturated rings. The molecule has 4 nitrogen and oxygen atoms in total. The maximum Gasteiger partial charge on any atom is 0.128 e. The molecule has 0 spiro atoms. The minimum atomic E-state index is 0.910. The number of anilines is 1. The van der Waals surface area contributed by atoms with E-state index in [4.69, 9.17) is 0 Å². The molecule has 2 aliphatic rings. The summed E-state index contributed by atoms with van der Waals surface area (Å²) in [6.45, 7) is 12.4. The van der Waals surface area contributed by atoms with Crippen molar-refractivity contribution >= 4 is 5.82 Å². The van der Waals surface area contributed by atoms with Gasteiger partial charge in [-0.2, -0.15) is 0 Å². The van der Waals surface area contributed by atoms with Crippen molar-refractivity contribution in [3.8, 4) is 0 Å². The third-order valence-corrected chi connectivity index (χ3v) is 4.70. The van der Waals surface area contributed by atoms with Gasteiger partial charge >= 0.3 is 0 Å². The van der Waals surface area contributed by atoms with Crippen LogP contribution in [0.1, 0.15) is 26.7 Å². The van der Waals surface area contributed by atoms with Crippen molar-refractivity contribution in [3.05, 3.63) is 24.4 Å². The van der Waals surface area contributed by atoms with Crippen molar-refractivity contribution in [1.82, 2.24) is 14.8 Å². The lowest BCUT2D eigenvalue weighted by molar-refractivity contribution is 0.155. The number of nitrogens with zero attached hydrogens (tertiary/aromatic N) is 4. The van der Waals surface area contributed by atoms with E-state index in [0.29, 0.717) is 0 Å². The first-order valence-electron chi connectivity index (χ1n) is 8.88. The number of pyridine rings is 1. The van der Waals surface area contributed by atoms with E-state index in [-0.39, 0.29) is 0 Å². The van der Waals surface area contributed by atoms with Gasteiger partial charge in [-0.1, -0.05) is 19.9 Å². The Morgan fingerprint density at radius 2 is 1.68 bits per heavy atom. The molecule has 0 radical (unpaired) electrons. The molecule has 3 heterocycles. The predicted molar refractivity (Wildman–Crippen MR) is 94.5 cm³/mol. The molecule has 0 unspecified atom stereocenters. The van der Waals surface area contributed by atoms with Gasteiger partial charge in [-0.3, -0.25) is 4.90 Å². The van der Waals surface area contributed by atoms with Crippen LogP contribution in [0.15, 0.2) is 24.4 Å². The molecule has 1 aromatic heterocycles. The number of likely N-dealkylation sites (tertiary alicyclic amines) is 1. The van der Waals surface area contributed by atoms with E-state index in [9.17, 15) is 0 Å². The molecule has 0 bridgehead atoms. The minimum absolute atomic E-state index is 0.910. The normalized spacial score (nSPS) is 21.3. The van der Waals surface area contributed by atoms with E-state index < -0.39 is 0 Å². The van der Waals surface area contributed by atoms with Gasteiger partial charge in [0.1, 0.15) is 5.82 Å². The summed E-state index contributed by atoms with van der Waals surface area (Å²) < 4.78 is 0. The lowest BCUT2D eigenvalue weighted by atomic mass is 9.96. The highest BCUT2D eigenvalue weighted by atomic mass is 15.3. The molecule has 1 aromatic rings. The molecular formula is C18H32N4. The highest BCUT2D eigenvalue weighted by Crippen LogP contribution is 2.19. The third kappa shape index (κ3) is 4.96. The van der Waals surface area contributed by atoms with Gasteiger partial charge in [0.25, 0.3) is 0 Å². The zero-order chi connectivity index (χ0) is 15.8. The smallest absolute Gasteiger partial charge is 0.128 e. The maximum atomic E-state index is 4.45. The second kappa shape index (κ2) is 9.11. The Bertz CT molecular complexity index is 393. The van der Waals surface area contributed by atoms with Gasteiger partial charge in [0.2, 0.25) is 0 Å². The molecule has 0 saturated carbocycles. The molecule has 2 aliphatic heterocycles. The monoisotopic (exact) mass is 304 g/mol. The molecule has 0 amide bonds. The van der Waals surface area contributed by atoms with Crippen molar-refractivity contribution in [2.45, 2.75) is 26.7 Å². The van der Waals surface area contributed by atoms with Crippen LogP contribution < -0.4 is 4.90 Å². The van der Waals surface area contributed by atoms with Gasteiger partial charge in [-0.15, -0.1) is 0 Å². The van der Waals surface area contributed by atoms with Crippen LogP contribution in [-0.4, -0.2) is 67.6 Å². The van der Waals surface area contributed by atoms with Gasteiger partial charge in [0.05, 0.1) is 0 Å². The summed E-state index contributed by atoms with van der Waals surface area (Å²) in [7, 11) is 2.24. The predicted octanol–water partition coefficient (Wildman–Crippen LogP) is 2.57. The number of piperidine rings is 1. The maximum absolute atomic E-state index is 4.45. The Morgan fingerprint density at radius 3 is 2.27 bits per heavy atom. The Morgan fingerprint density at radius 1 is 1.00 bits per heavy atom. The fraction of sp³-hybridized carbons (Fsp3) is 0.722. The Hall–Kier alpha value is -1.13. The van der Waals surface area contributed by atoms with Gasteiger partial charge in [-0.05, 0) is 51.0 Å². The molecule has 3 rings (SSSR count). The third-order valence-electron chi connectivity index (χ3n) is 4.70. The van der Waals surface area contributed by atoms with Crippen LogP contribution in [0.2, 0.25) is 0 Å². The molecular weight excluding hydrogens is 272 g/mol. The lowest BCUT2D eigenvalue weighted by Gasteiger charge is -2.38. The standard InChI is InChI=1S/C16H26N4.C2H6/c1-18-8-5-15(6-9-18)14-19-10-12-20(13-11-19)16-4-2-3-7-17-16;1-2/h2-4,7,15H,5-6,8-14H2,1H3;1-2H3. The fourth-order valence-corrected chi connectivity index (χ4v) is 3.31. The largest absolute Gasteiger partial charge is 0.354 e. The summed E-state index contributed by atoms with van der Waals surface area (Å²) in [6, 6.07) is 6.18. The molecule has 0 N–H and O–H groups in total. The van der Waals surface area contributed by atoms with Gasteiger partial charge in [-0.25, -0.2) is 4.98 Å². The van der Waals surface area contributed by atoms with Crippen molar-refractivity contribution in [1.29, 1.82) is 0 Å². The topological polar surface area (TPSA) is 22.6 Å².